The standard InChI is InChI=1S/C5H4Cl2N4/c6-4-1-8-2-10-5(4,7)11-3-9-4/h1-3H,(H,9,11). The van der Waals surface area contributed by atoms with E-state index in [1.165, 1.54) is 18.9 Å². The monoisotopic (exact) mass is 190 g/mol. The molecule has 2 aliphatic heterocycles. The minimum absolute atomic E-state index is 0.997. The van der Waals surface area contributed by atoms with Gasteiger partial charge in [0, 0.05) is 0 Å². The van der Waals surface area contributed by atoms with Crippen LogP contribution in [0.2, 0.25) is 0 Å². The fourth-order valence-electron chi connectivity index (χ4n) is 0.890. The molecule has 2 atom stereocenters. The third-order valence-corrected chi connectivity index (χ3v) is 2.58. The summed E-state index contributed by atoms with van der Waals surface area (Å²) in [5, 5.41) is 1.60. The van der Waals surface area contributed by atoms with E-state index in [9.17, 15) is 0 Å². The van der Waals surface area contributed by atoms with Gasteiger partial charge in [-0.25, -0.2) is 15.0 Å². The summed E-state index contributed by atoms with van der Waals surface area (Å²) in [5.41, 5.74) is 0. The average Bonchev–Trinajstić information content (AvgIpc) is 2.25. The summed E-state index contributed by atoms with van der Waals surface area (Å²) in [5.74, 6) is 0. The first-order chi connectivity index (χ1) is 5.16. The molecule has 0 aromatic carbocycles. The fourth-order valence-corrected chi connectivity index (χ4v) is 1.29. The van der Waals surface area contributed by atoms with Crippen LogP contribution >= 0.6 is 23.2 Å². The second-order valence-electron chi connectivity index (χ2n) is 2.22. The van der Waals surface area contributed by atoms with Crippen LogP contribution < -0.4 is 5.32 Å². The van der Waals surface area contributed by atoms with Crippen molar-refractivity contribution in [3.63, 3.8) is 0 Å². The zero-order chi connectivity index (χ0) is 7.95. The maximum atomic E-state index is 5.98. The Morgan fingerprint density at radius 1 is 1.27 bits per heavy atom. The molecule has 0 radical (unpaired) electrons. The van der Waals surface area contributed by atoms with Gasteiger partial charge < -0.3 is 5.32 Å². The Hall–Kier alpha value is -0.610. The van der Waals surface area contributed by atoms with E-state index in [2.05, 4.69) is 20.3 Å². The predicted octanol–water partition coefficient (Wildman–Crippen LogP) is 0.558. The Morgan fingerprint density at radius 3 is 2.82 bits per heavy atom. The zero-order valence-corrected chi connectivity index (χ0v) is 6.84. The number of nitrogens with one attached hydrogen (secondary N) is 1. The lowest BCUT2D eigenvalue weighted by Gasteiger charge is -2.28. The SMILES string of the molecule is ClC12N=CN=CC1(Cl)NC=N2. The van der Waals surface area contributed by atoms with Gasteiger partial charge in [0.25, 0.3) is 5.12 Å². The Labute approximate surface area is 73.0 Å². The molecule has 11 heavy (non-hydrogen) atoms. The second-order valence-corrected chi connectivity index (χ2v) is 3.35. The summed E-state index contributed by atoms with van der Waals surface area (Å²) in [6.45, 7) is 0. The lowest BCUT2D eigenvalue weighted by Crippen LogP contribution is -2.51. The zero-order valence-electron chi connectivity index (χ0n) is 5.33. The molecule has 0 saturated carbocycles. The number of aliphatic imine (C=N–C) groups is 3. The highest BCUT2D eigenvalue weighted by Gasteiger charge is 2.52. The van der Waals surface area contributed by atoms with E-state index in [1.54, 1.807) is 0 Å². The molecular formula is C5H4Cl2N4. The molecule has 6 heteroatoms. The van der Waals surface area contributed by atoms with Crippen molar-refractivity contribution < 1.29 is 0 Å². The van der Waals surface area contributed by atoms with E-state index in [1.807, 2.05) is 0 Å². The Kier molecular flexibility index (Phi) is 1.25. The first-order valence-electron chi connectivity index (χ1n) is 2.94. The number of fused-ring (bicyclic) bond motifs is 1. The van der Waals surface area contributed by atoms with Crippen molar-refractivity contribution in [1.82, 2.24) is 5.32 Å². The van der Waals surface area contributed by atoms with E-state index < -0.39 is 10.1 Å². The normalized spacial score (nSPS) is 45.6. The van der Waals surface area contributed by atoms with Crippen molar-refractivity contribution in [2.45, 2.75) is 10.1 Å². The summed E-state index contributed by atoms with van der Waals surface area (Å²) in [4.78, 5) is 10.5. The van der Waals surface area contributed by atoms with Crippen LogP contribution in [0.1, 0.15) is 0 Å². The van der Waals surface area contributed by atoms with Gasteiger partial charge in [-0.15, -0.1) is 0 Å². The van der Waals surface area contributed by atoms with Crippen molar-refractivity contribution in [3.05, 3.63) is 0 Å². The number of hydrogen-bond acceptors (Lipinski definition) is 4. The second kappa shape index (κ2) is 1.95. The summed E-state index contributed by atoms with van der Waals surface area (Å²) in [6, 6.07) is 0. The van der Waals surface area contributed by atoms with Gasteiger partial charge in [0.1, 0.15) is 6.34 Å². The maximum absolute atomic E-state index is 5.98. The van der Waals surface area contributed by atoms with Gasteiger partial charge in [-0.3, -0.25) is 0 Å². The highest BCUT2D eigenvalue weighted by atomic mass is 35.5. The Bertz CT molecular complexity index is 274. The molecule has 0 bridgehead atoms. The molecule has 0 saturated heterocycles. The molecule has 0 fully saturated rings. The van der Waals surface area contributed by atoms with E-state index >= 15 is 0 Å². The molecule has 0 aromatic rings. The third kappa shape index (κ3) is 0.795. The van der Waals surface area contributed by atoms with Gasteiger partial charge >= 0.3 is 0 Å². The van der Waals surface area contributed by atoms with Crippen molar-refractivity contribution in [2.24, 2.45) is 15.0 Å². The molecule has 2 unspecified atom stereocenters. The van der Waals surface area contributed by atoms with Gasteiger partial charge in [-0.05, 0) is 0 Å². The first-order valence-corrected chi connectivity index (χ1v) is 3.69. The molecule has 0 aliphatic carbocycles. The van der Waals surface area contributed by atoms with Crippen molar-refractivity contribution >= 4 is 42.1 Å². The van der Waals surface area contributed by atoms with Crippen LogP contribution in [0, 0.1) is 0 Å². The molecule has 2 heterocycles. The summed E-state index contributed by atoms with van der Waals surface area (Å²) in [7, 11) is 0. The number of nitrogens with zero attached hydrogens (tertiary/aromatic N) is 3. The molecule has 0 amide bonds. The van der Waals surface area contributed by atoms with Gasteiger partial charge in [0.05, 0.1) is 12.6 Å². The van der Waals surface area contributed by atoms with E-state index in [0.717, 1.165) is 0 Å². The van der Waals surface area contributed by atoms with Crippen molar-refractivity contribution in [3.8, 4) is 0 Å². The minimum Gasteiger partial charge on any atom is -0.349 e. The third-order valence-electron chi connectivity index (χ3n) is 1.52. The van der Waals surface area contributed by atoms with Crippen LogP contribution in [0.3, 0.4) is 0 Å². The van der Waals surface area contributed by atoms with Crippen LogP contribution in [0.4, 0.5) is 0 Å². The molecule has 58 valence electrons. The van der Waals surface area contributed by atoms with E-state index in [0.29, 0.717) is 0 Å². The van der Waals surface area contributed by atoms with Gasteiger partial charge in [0.2, 0.25) is 5.00 Å². The number of hydrogen-bond donors (Lipinski definition) is 1. The summed E-state index contributed by atoms with van der Waals surface area (Å²) in [6.07, 6.45) is 4.23. The number of halogens is 2. The summed E-state index contributed by atoms with van der Waals surface area (Å²) >= 11 is 11.9. The molecule has 0 aromatic heterocycles. The smallest absolute Gasteiger partial charge is 0.271 e. The molecular weight excluding hydrogens is 187 g/mol. The molecule has 1 N–H and O–H groups in total. The number of alkyl halides is 2. The average molecular weight is 191 g/mol. The van der Waals surface area contributed by atoms with Crippen molar-refractivity contribution in [1.29, 1.82) is 0 Å². The molecule has 4 nitrogen and oxygen atoms in total. The highest BCUT2D eigenvalue weighted by Crippen LogP contribution is 2.38. The van der Waals surface area contributed by atoms with Crippen LogP contribution in [0.25, 0.3) is 0 Å². The van der Waals surface area contributed by atoms with Crippen molar-refractivity contribution in [2.75, 3.05) is 0 Å². The van der Waals surface area contributed by atoms with Gasteiger partial charge in [-0.1, -0.05) is 23.2 Å². The van der Waals surface area contributed by atoms with Crippen LogP contribution in [0.15, 0.2) is 15.0 Å². The largest absolute Gasteiger partial charge is 0.349 e. The van der Waals surface area contributed by atoms with E-state index in [4.69, 9.17) is 23.2 Å². The summed E-state index contributed by atoms with van der Waals surface area (Å²) < 4.78 is 0. The van der Waals surface area contributed by atoms with Crippen LogP contribution in [0.5, 0.6) is 0 Å². The topological polar surface area (TPSA) is 49.1 Å². The predicted molar refractivity (Wildman–Crippen MR) is 45.8 cm³/mol. The lowest BCUT2D eigenvalue weighted by molar-refractivity contribution is 0.545. The Morgan fingerprint density at radius 2 is 2.09 bits per heavy atom. The molecule has 0 spiro atoms. The molecule has 2 aliphatic rings. The van der Waals surface area contributed by atoms with Gasteiger partial charge in [0.15, 0.2) is 0 Å². The molecule has 2 rings (SSSR count). The number of rotatable bonds is 0. The van der Waals surface area contributed by atoms with E-state index in [-0.39, 0.29) is 0 Å². The van der Waals surface area contributed by atoms with Crippen LogP contribution in [-0.4, -0.2) is 29.0 Å². The fraction of sp³-hybridized carbons (Fsp3) is 0.400. The highest BCUT2D eigenvalue weighted by molar-refractivity contribution is 6.42. The van der Waals surface area contributed by atoms with Crippen LogP contribution in [-0.2, 0) is 0 Å². The maximum Gasteiger partial charge on any atom is 0.271 e. The Balaban J connectivity index is 2.48. The quantitative estimate of drug-likeness (QED) is 0.441. The van der Waals surface area contributed by atoms with Gasteiger partial charge in [-0.2, -0.15) is 0 Å². The lowest BCUT2D eigenvalue weighted by atomic mass is 10.2. The minimum atomic E-state index is -1.16. The first kappa shape index (κ1) is 7.06.